The molecule has 4 aromatic carbocycles. The third kappa shape index (κ3) is 7.26. The van der Waals surface area contributed by atoms with E-state index in [1.54, 1.807) is 0 Å². The fourth-order valence-electron chi connectivity index (χ4n) is 8.75. The van der Waals surface area contributed by atoms with Crippen LogP contribution in [0.5, 0.6) is 0 Å². The molecule has 2 amide bonds. The summed E-state index contributed by atoms with van der Waals surface area (Å²) in [5.41, 5.74) is 26.0. The van der Waals surface area contributed by atoms with E-state index in [4.69, 9.17) is 11.5 Å². The van der Waals surface area contributed by atoms with Crippen LogP contribution in [-0.4, -0.2) is 30.6 Å². The first-order chi connectivity index (χ1) is 26.8. The molecule has 0 unspecified atom stereocenters. The van der Waals surface area contributed by atoms with Crippen molar-refractivity contribution in [2.75, 3.05) is 22.9 Å². The molecule has 1 aliphatic carbocycles. The van der Waals surface area contributed by atoms with Crippen molar-refractivity contribution in [3.05, 3.63) is 166 Å². The van der Waals surface area contributed by atoms with Crippen molar-refractivity contribution in [2.24, 2.45) is 11.5 Å². The second-order valence-corrected chi connectivity index (χ2v) is 16.4. The fourth-order valence-corrected chi connectivity index (χ4v) is 8.75. The van der Waals surface area contributed by atoms with Gasteiger partial charge in [0.1, 0.15) is 0 Å². The standard InChI is InChI=1S/C49H53N5O2/c1-33-17-23-41-39(31-33)48(3,4)43(52(41)29-27-45(50)55)25-21-35-19-20-36(47(35)54(37-13-9-7-10-14-37)38-15-11-8-12-16-38)22-26-44-49(5,6)40-32-34(2)18-24-42(40)53(44)30-28-46(51)56/h7-18,21-26,31-32H,19-20,27-30H2,1-6H3,(H3-,50,51,55,56)/p+1. The summed E-state index contributed by atoms with van der Waals surface area (Å²) >= 11 is 0. The molecular weight excluding hydrogens is 691 g/mol. The van der Waals surface area contributed by atoms with Crippen LogP contribution in [0.25, 0.3) is 0 Å². The van der Waals surface area contributed by atoms with E-state index in [1.165, 1.54) is 33.4 Å². The number of aryl methyl sites for hydroxylation is 2. The zero-order chi connectivity index (χ0) is 39.8. The number of para-hydroxylation sites is 2. The van der Waals surface area contributed by atoms with Crippen LogP contribution in [0.4, 0.5) is 22.7 Å². The lowest BCUT2D eigenvalue weighted by molar-refractivity contribution is -0.118. The lowest BCUT2D eigenvalue weighted by atomic mass is 9.83. The van der Waals surface area contributed by atoms with E-state index in [2.05, 4.69) is 177 Å². The zero-order valence-corrected chi connectivity index (χ0v) is 33.6. The fraction of sp³-hybridized carbons (Fsp3) is 0.286. The summed E-state index contributed by atoms with van der Waals surface area (Å²) < 4.78 is 2.38. The number of nitrogens with zero attached hydrogens (tertiary/aromatic N) is 3. The molecule has 7 rings (SSSR count). The molecule has 0 spiro atoms. The lowest BCUT2D eigenvalue weighted by Crippen LogP contribution is -2.29. The van der Waals surface area contributed by atoms with Crippen LogP contribution in [0, 0.1) is 13.8 Å². The Balaban J connectivity index is 1.42. The number of amides is 2. The highest BCUT2D eigenvalue weighted by molar-refractivity contribution is 6.17. The largest absolute Gasteiger partial charge is 0.370 e. The highest BCUT2D eigenvalue weighted by Gasteiger charge is 2.42. The Labute approximate surface area is 332 Å². The predicted octanol–water partition coefficient (Wildman–Crippen LogP) is 9.34. The topological polar surface area (TPSA) is 95.7 Å². The Morgan fingerprint density at radius 1 is 0.607 bits per heavy atom. The summed E-state index contributed by atoms with van der Waals surface area (Å²) in [6.45, 7) is 14.4. The first-order valence-electron chi connectivity index (χ1n) is 19.7. The number of anilines is 2. The monoisotopic (exact) mass is 744 g/mol. The molecule has 0 bridgehead atoms. The van der Waals surface area contributed by atoms with E-state index in [1.807, 2.05) is 0 Å². The normalized spacial score (nSPS) is 19.6. The van der Waals surface area contributed by atoms with Gasteiger partial charge in [-0.25, -0.2) is 0 Å². The minimum atomic E-state index is -0.311. The van der Waals surface area contributed by atoms with Crippen molar-refractivity contribution in [3.8, 4) is 0 Å². The number of carbonyl (C=O) groups excluding carboxylic acids is 2. The Morgan fingerprint density at radius 3 is 1.38 bits per heavy atom. The van der Waals surface area contributed by atoms with E-state index in [-0.39, 0.29) is 35.5 Å². The molecule has 2 aliphatic heterocycles. The van der Waals surface area contributed by atoms with Gasteiger partial charge in [-0.1, -0.05) is 112 Å². The van der Waals surface area contributed by atoms with E-state index >= 15 is 0 Å². The third-order valence-electron chi connectivity index (χ3n) is 11.7. The van der Waals surface area contributed by atoms with Crippen LogP contribution in [-0.2, 0) is 20.4 Å². The minimum absolute atomic E-state index is 0.266. The van der Waals surface area contributed by atoms with Crippen LogP contribution >= 0.6 is 0 Å². The maximum absolute atomic E-state index is 12.1. The van der Waals surface area contributed by atoms with Crippen LogP contribution in [0.15, 0.2) is 144 Å². The molecule has 7 nitrogen and oxygen atoms in total. The molecule has 56 heavy (non-hydrogen) atoms. The minimum Gasteiger partial charge on any atom is -0.370 e. The molecule has 2 heterocycles. The van der Waals surface area contributed by atoms with Crippen molar-refractivity contribution in [1.82, 2.24) is 4.58 Å². The van der Waals surface area contributed by atoms with Gasteiger partial charge in [-0.3, -0.25) is 9.59 Å². The van der Waals surface area contributed by atoms with Gasteiger partial charge in [0, 0.05) is 94.9 Å². The van der Waals surface area contributed by atoms with Gasteiger partial charge in [0.25, 0.3) is 0 Å². The van der Waals surface area contributed by atoms with Crippen LogP contribution in [0.2, 0.25) is 0 Å². The van der Waals surface area contributed by atoms with E-state index in [0.717, 1.165) is 52.7 Å². The summed E-state index contributed by atoms with van der Waals surface area (Å²) in [5.74, 6) is -0.621. The maximum Gasteiger partial charge on any atom is 0.219 e. The molecule has 1 saturated carbocycles. The molecule has 0 aromatic heterocycles. The van der Waals surface area contributed by atoms with E-state index in [9.17, 15) is 9.59 Å². The maximum atomic E-state index is 12.1. The lowest BCUT2D eigenvalue weighted by Gasteiger charge is -2.26. The molecule has 3 aliphatic rings. The molecule has 0 radical (unpaired) electrons. The Bertz CT molecular complexity index is 2180. The number of hydrogen-bond acceptors (Lipinski definition) is 4. The summed E-state index contributed by atoms with van der Waals surface area (Å²) in [5, 5.41) is 0. The molecule has 7 heteroatoms. The van der Waals surface area contributed by atoms with Gasteiger partial charge >= 0.3 is 0 Å². The number of primary amides is 2. The number of hydrogen-bond donors (Lipinski definition) is 2. The number of nitrogens with two attached hydrogens (primary N) is 2. The van der Waals surface area contributed by atoms with Gasteiger partial charge in [0.15, 0.2) is 0 Å². The quantitative estimate of drug-likeness (QED) is 0.158. The molecular formula is C49H54N5O2+. The second kappa shape index (κ2) is 15.3. The molecule has 4 aromatic rings. The third-order valence-corrected chi connectivity index (χ3v) is 11.7. The zero-order valence-electron chi connectivity index (χ0n) is 33.6. The van der Waals surface area contributed by atoms with Gasteiger partial charge in [0.2, 0.25) is 28.9 Å². The summed E-state index contributed by atoms with van der Waals surface area (Å²) in [4.78, 5) is 28.7. The smallest absolute Gasteiger partial charge is 0.219 e. The van der Waals surface area contributed by atoms with Crippen LogP contribution in [0.3, 0.4) is 0 Å². The summed E-state index contributed by atoms with van der Waals surface area (Å²) in [6.07, 6.45) is 11.4. The number of fused-ring (bicyclic) bond motifs is 2. The molecule has 0 atom stereocenters. The number of carbonyl (C=O) groups is 2. The van der Waals surface area contributed by atoms with Crippen molar-refractivity contribution < 1.29 is 9.59 Å². The predicted molar refractivity (Wildman–Crippen MR) is 232 cm³/mol. The van der Waals surface area contributed by atoms with Crippen LogP contribution in [0.1, 0.15) is 75.6 Å². The van der Waals surface area contributed by atoms with Gasteiger partial charge < -0.3 is 21.3 Å². The molecule has 4 N–H and O–H groups in total. The van der Waals surface area contributed by atoms with Crippen molar-refractivity contribution >= 4 is 40.3 Å². The highest BCUT2D eigenvalue weighted by atomic mass is 16.1. The van der Waals surface area contributed by atoms with Gasteiger partial charge in [-0.2, -0.15) is 4.58 Å². The Morgan fingerprint density at radius 2 is 1.00 bits per heavy atom. The molecule has 1 fully saturated rings. The SMILES string of the molecule is Cc1ccc2c(c1)C(C)(C)/C(=C\C=C1/CC/C(=C\C=C3\N(CCC(N)=O)c4ccc(C)cc4C3(C)C)C1=[N+](c1ccccc1)c1ccccc1)N2CCC(N)=O. The number of allylic oxidation sites excluding steroid dienone is 8. The average molecular weight is 745 g/mol. The van der Waals surface area contributed by atoms with E-state index < -0.39 is 0 Å². The summed E-state index contributed by atoms with van der Waals surface area (Å²) in [6, 6.07) is 34.3. The van der Waals surface area contributed by atoms with Crippen molar-refractivity contribution in [2.45, 2.75) is 78.1 Å². The summed E-state index contributed by atoms with van der Waals surface area (Å²) in [7, 11) is 0. The Kier molecular flexibility index (Phi) is 10.5. The van der Waals surface area contributed by atoms with E-state index in [0.29, 0.717) is 13.1 Å². The highest BCUT2D eigenvalue weighted by Crippen LogP contribution is 2.50. The van der Waals surface area contributed by atoms with Crippen molar-refractivity contribution in [1.29, 1.82) is 0 Å². The first-order valence-corrected chi connectivity index (χ1v) is 19.7. The first kappa shape index (κ1) is 38.3. The van der Waals surface area contributed by atoms with Crippen molar-refractivity contribution in [3.63, 3.8) is 0 Å². The van der Waals surface area contributed by atoms with Gasteiger partial charge in [0.05, 0.1) is 0 Å². The number of rotatable bonds is 10. The number of benzene rings is 4. The Hall–Kier alpha value is -5.95. The van der Waals surface area contributed by atoms with Crippen LogP contribution < -0.4 is 25.8 Å². The van der Waals surface area contributed by atoms with Gasteiger partial charge in [-0.05, 0) is 62.1 Å². The second-order valence-electron chi connectivity index (χ2n) is 16.4. The molecule has 286 valence electrons. The molecule has 0 saturated heterocycles. The average Bonchev–Trinajstić information content (AvgIpc) is 3.72. The van der Waals surface area contributed by atoms with Gasteiger partial charge in [-0.15, -0.1) is 0 Å².